The van der Waals surface area contributed by atoms with Gasteiger partial charge in [-0.1, -0.05) is 0 Å². The first-order valence-electron chi connectivity index (χ1n) is 9.01. The number of hydrogen-bond donors (Lipinski definition) is 0. The molecule has 2 rings (SSSR count). The molecule has 0 spiro atoms. The number of rotatable bonds is 6. The van der Waals surface area contributed by atoms with Crippen molar-refractivity contribution in [2.24, 2.45) is 0 Å². The standard InChI is InChI=1S/C15H28P.2CH3.ClH.Sn/c1-2-13-16(14-9-5-3-6-10-14)15-11-7-4-8-12-15;;;;/h14-15H,1-13H2;2*1H3;1H;/q;;;;+1/p-1. The molecule has 0 unspecified atom stereocenters. The minimum atomic E-state index is -2.03. The van der Waals surface area contributed by atoms with Crippen LogP contribution < -0.4 is 0 Å². The van der Waals surface area contributed by atoms with E-state index in [1.165, 1.54) is 49.4 Å². The Balaban J connectivity index is 1.88. The van der Waals surface area contributed by atoms with Crippen LogP contribution in [0.4, 0.5) is 0 Å². The zero-order valence-corrected chi connectivity index (χ0v) is 18.2. The van der Waals surface area contributed by atoms with Crippen molar-refractivity contribution in [2.75, 3.05) is 6.16 Å². The predicted octanol–water partition coefficient (Wildman–Crippen LogP) is 6.97. The normalized spacial score (nSPS) is 23.4. The maximum absolute atomic E-state index is 6.61. The fourth-order valence-electron chi connectivity index (χ4n) is 4.17. The van der Waals surface area contributed by atoms with E-state index >= 15 is 0 Å². The summed E-state index contributed by atoms with van der Waals surface area (Å²) < 4.78 is 1.41. The molecule has 0 aromatic heterocycles. The first-order valence-corrected chi connectivity index (χ1v) is 22.0. The fourth-order valence-corrected chi connectivity index (χ4v) is 12.7. The van der Waals surface area contributed by atoms with Gasteiger partial charge >= 0.3 is 137 Å². The summed E-state index contributed by atoms with van der Waals surface area (Å²) in [6, 6.07) is 0. The minimum absolute atomic E-state index is 0.325. The van der Waals surface area contributed by atoms with Gasteiger partial charge in [-0.3, -0.25) is 0 Å². The van der Waals surface area contributed by atoms with Crippen LogP contribution in [0.25, 0.3) is 0 Å². The van der Waals surface area contributed by atoms with Crippen LogP contribution in [0.3, 0.4) is 0 Å². The number of halogens is 1. The molecule has 2 fully saturated rings. The van der Waals surface area contributed by atoms with Gasteiger partial charge in [-0.15, -0.1) is 0 Å². The Kier molecular flexibility index (Phi) is 8.01. The van der Waals surface area contributed by atoms with E-state index in [0.29, 0.717) is 7.92 Å². The molecule has 0 heterocycles. The molecule has 2 aliphatic carbocycles. The second-order valence-electron chi connectivity index (χ2n) is 7.64. The Bertz CT molecular complexity index is 247. The molecule has 0 aromatic rings. The van der Waals surface area contributed by atoms with Crippen LogP contribution >= 0.6 is 16.8 Å². The Hall–Kier alpha value is 1.52. The quantitative estimate of drug-likeness (QED) is 0.320. The van der Waals surface area contributed by atoms with Gasteiger partial charge in [-0.25, -0.2) is 0 Å². The zero-order valence-electron chi connectivity index (χ0n) is 13.7. The van der Waals surface area contributed by atoms with Gasteiger partial charge < -0.3 is 0 Å². The molecule has 2 aliphatic rings. The Morgan fingerprint density at radius 1 is 0.850 bits per heavy atom. The summed E-state index contributed by atoms with van der Waals surface area (Å²) in [5, 5.41) is 0. The molecule has 0 saturated heterocycles. The van der Waals surface area contributed by atoms with E-state index in [1.54, 1.807) is 31.8 Å². The average Bonchev–Trinajstić information content (AvgIpc) is 2.44. The fraction of sp³-hybridized carbons (Fsp3) is 1.00. The van der Waals surface area contributed by atoms with Crippen molar-refractivity contribution < 1.29 is 0 Å². The molecule has 0 nitrogen and oxygen atoms in total. The van der Waals surface area contributed by atoms with E-state index in [9.17, 15) is 0 Å². The van der Waals surface area contributed by atoms with Crippen LogP contribution in [0.15, 0.2) is 0 Å². The summed E-state index contributed by atoms with van der Waals surface area (Å²) in [5.74, 6) is 0. The third-order valence-corrected chi connectivity index (χ3v) is 14.7. The predicted molar refractivity (Wildman–Crippen MR) is 98.3 cm³/mol. The van der Waals surface area contributed by atoms with E-state index in [4.69, 9.17) is 8.92 Å². The second kappa shape index (κ2) is 8.97. The van der Waals surface area contributed by atoms with Crippen LogP contribution in [-0.4, -0.2) is 34.7 Å². The van der Waals surface area contributed by atoms with Gasteiger partial charge in [-0.05, 0) is 0 Å². The molecule has 3 heteroatoms. The van der Waals surface area contributed by atoms with Gasteiger partial charge in [0.25, 0.3) is 0 Å². The third-order valence-electron chi connectivity index (χ3n) is 5.28. The molecule has 0 aliphatic heterocycles. The van der Waals surface area contributed by atoms with Crippen LogP contribution in [-0.2, 0) is 0 Å². The summed E-state index contributed by atoms with van der Waals surface area (Å²) in [5.41, 5.74) is 2.27. The van der Waals surface area contributed by atoms with Gasteiger partial charge in [0.2, 0.25) is 0 Å². The first-order chi connectivity index (χ1) is 9.56. The molecule has 2 saturated carbocycles. The van der Waals surface area contributed by atoms with E-state index in [1.807, 2.05) is 0 Å². The van der Waals surface area contributed by atoms with E-state index < -0.39 is 17.3 Å². The zero-order chi connectivity index (χ0) is 14.4. The maximum atomic E-state index is 6.61. The monoisotopic (exact) mass is 424 g/mol. The molecule has 118 valence electrons. The van der Waals surface area contributed by atoms with E-state index in [0.717, 1.165) is 11.3 Å². The van der Waals surface area contributed by atoms with Crippen LogP contribution in [0.5, 0.6) is 0 Å². The van der Waals surface area contributed by atoms with Crippen molar-refractivity contribution >= 4 is 34.1 Å². The Morgan fingerprint density at radius 3 is 1.70 bits per heavy atom. The van der Waals surface area contributed by atoms with Gasteiger partial charge in [-0.2, -0.15) is 0 Å². The molecule has 0 radical (unpaired) electrons. The van der Waals surface area contributed by atoms with Gasteiger partial charge in [0.1, 0.15) is 0 Å². The summed E-state index contributed by atoms with van der Waals surface area (Å²) in [6.45, 7) is 0. The van der Waals surface area contributed by atoms with E-state index in [2.05, 4.69) is 9.88 Å². The van der Waals surface area contributed by atoms with Gasteiger partial charge in [0.15, 0.2) is 0 Å². The average molecular weight is 424 g/mol. The van der Waals surface area contributed by atoms with Crippen LogP contribution in [0.2, 0.25) is 14.3 Å². The molecule has 0 aromatic carbocycles. The van der Waals surface area contributed by atoms with Gasteiger partial charge in [0.05, 0.1) is 0 Å². The third kappa shape index (κ3) is 6.33. The van der Waals surface area contributed by atoms with Crippen molar-refractivity contribution in [1.29, 1.82) is 0 Å². The van der Waals surface area contributed by atoms with Crippen molar-refractivity contribution in [3.8, 4) is 0 Å². The summed E-state index contributed by atoms with van der Waals surface area (Å²) in [7, 11) is 6.93. The van der Waals surface area contributed by atoms with Crippen LogP contribution in [0, 0.1) is 0 Å². The second-order valence-corrected chi connectivity index (χ2v) is 28.7. The van der Waals surface area contributed by atoms with Crippen molar-refractivity contribution in [1.82, 2.24) is 0 Å². The first kappa shape index (κ1) is 17.9. The summed E-state index contributed by atoms with van der Waals surface area (Å²) >= 11 is -2.03. The molecule has 0 bridgehead atoms. The Morgan fingerprint density at radius 2 is 1.30 bits per heavy atom. The molecular weight excluding hydrogens is 389 g/mol. The Labute approximate surface area is 136 Å². The van der Waals surface area contributed by atoms with Crippen molar-refractivity contribution in [3.05, 3.63) is 0 Å². The number of hydrogen-bond acceptors (Lipinski definition) is 0. The molecule has 0 N–H and O–H groups in total. The molecule has 0 atom stereocenters. The summed E-state index contributed by atoms with van der Waals surface area (Å²) in [4.78, 5) is 4.78. The molecule has 0 amide bonds. The van der Waals surface area contributed by atoms with Crippen molar-refractivity contribution in [3.63, 3.8) is 0 Å². The SMILES string of the molecule is [CH3][Sn]([CH3])([Cl])[CH2]CCP(C1CCCCC1)C1CCCCC1. The van der Waals surface area contributed by atoms with Crippen LogP contribution in [0.1, 0.15) is 70.6 Å². The van der Waals surface area contributed by atoms with Crippen molar-refractivity contribution in [2.45, 2.75) is 96.3 Å². The van der Waals surface area contributed by atoms with E-state index in [-0.39, 0.29) is 0 Å². The molecular formula is C17H34ClPSn. The van der Waals surface area contributed by atoms with Gasteiger partial charge in [0, 0.05) is 0 Å². The summed E-state index contributed by atoms with van der Waals surface area (Å²) in [6.07, 6.45) is 18.4. The topological polar surface area (TPSA) is 0 Å². The molecule has 20 heavy (non-hydrogen) atoms.